The molecule has 6 nitrogen and oxygen atoms in total. The van der Waals surface area contributed by atoms with Gasteiger partial charge in [-0.05, 0) is 69.5 Å². The van der Waals surface area contributed by atoms with E-state index in [4.69, 9.17) is 23.2 Å². The molecular formula is C23H31Cl2N3O3. The lowest BCUT2D eigenvalue weighted by molar-refractivity contribution is -0.148. The second-order valence-electron chi connectivity index (χ2n) is 8.34. The number of carbonyl (C=O) groups excluding carboxylic acids is 2. The maximum absolute atomic E-state index is 12.8. The van der Waals surface area contributed by atoms with Crippen LogP contribution in [0, 0.1) is 0 Å². The normalized spacial score (nSPS) is 23.0. The number of aliphatic hydroxyl groups is 1. The first kappa shape index (κ1) is 24.1. The van der Waals surface area contributed by atoms with E-state index in [9.17, 15) is 14.7 Å². The maximum atomic E-state index is 12.8. The van der Waals surface area contributed by atoms with Crippen LogP contribution >= 0.6 is 23.2 Å². The van der Waals surface area contributed by atoms with Crippen LogP contribution in [0.15, 0.2) is 24.3 Å². The molecular weight excluding hydrogens is 437 g/mol. The average Bonchev–Trinajstić information content (AvgIpc) is 2.75. The Morgan fingerprint density at radius 2 is 1.94 bits per heavy atom. The molecule has 2 atom stereocenters. The summed E-state index contributed by atoms with van der Waals surface area (Å²) < 4.78 is 0. The molecule has 170 valence electrons. The van der Waals surface area contributed by atoms with Crippen LogP contribution in [-0.4, -0.2) is 83.0 Å². The molecule has 1 aromatic carbocycles. The van der Waals surface area contributed by atoms with Gasteiger partial charge in [-0.1, -0.05) is 29.3 Å². The van der Waals surface area contributed by atoms with Gasteiger partial charge in [0.15, 0.2) is 0 Å². The predicted octanol–water partition coefficient (Wildman–Crippen LogP) is 3.30. The van der Waals surface area contributed by atoms with Crippen LogP contribution in [0.25, 0.3) is 6.08 Å². The zero-order valence-electron chi connectivity index (χ0n) is 18.0. The third kappa shape index (κ3) is 6.69. The third-order valence-electron chi connectivity index (χ3n) is 6.03. The molecule has 8 heteroatoms. The minimum Gasteiger partial charge on any atom is -0.392 e. The quantitative estimate of drug-likeness (QED) is 0.493. The van der Waals surface area contributed by atoms with Gasteiger partial charge in [0, 0.05) is 32.3 Å². The van der Waals surface area contributed by atoms with Crippen molar-refractivity contribution in [3.8, 4) is 0 Å². The van der Waals surface area contributed by atoms with E-state index in [0.717, 1.165) is 50.9 Å². The molecule has 2 aliphatic heterocycles. The number of β-amino-alcohol motifs (C(OH)–C–C–N with tert-alkyl or cyclic N) is 1. The summed E-state index contributed by atoms with van der Waals surface area (Å²) in [5, 5.41) is 10.7. The summed E-state index contributed by atoms with van der Waals surface area (Å²) in [7, 11) is 0. The van der Waals surface area contributed by atoms with Gasteiger partial charge in [0.25, 0.3) is 0 Å². The second-order valence-corrected chi connectivity index (χ2v) is 9.16. The Kier molecular flexibility index (Phi) is 8.78. The van der Waals surface area contributed by atoms with Crippen molar-refractivity contribution in [1.82, 2.24) is 14.7 Å². The Bertz CT molecular complexity index is 817. The van der Waals surface area contributed by atoms with Crippen molar-refractivity contribution in [1.29, 1.82) is 0 Å². The van der Waals surface area contributed by atoms with Crippen LogP contribution in [-0.2, 0) is 9.59 Å². The van der Waals surface area contributed by atoms with E-state index < -0.39 is 6.04 Å². The van der Waals surface area contributed by atoms with Gasteiger partial charge in [0.1, 0.15) is 6.04 Å². The smallest absolute Gasteiger partial charge is 0.247 e. The van der Waals surface area contributed by atoms with Gasteiger partial charge >= 0.3 is 0 Å². The van der Waals surface area contributed by atoms with Crippen molar-refractivity contribution in [2.45, 2.75) is 44.8 Å². The molecule has 1 N–H and O–H groups in total. The van der Waals surface area contributed by atoms with E-state index in [-0.39, 0.29) is 17.9 Å². The van der Waals surface area contributed by atoms with Crippen molar-refractivity contribution in [3.63, 3.8) is 0 Å². The molecule has 1 aromatic rings. The van der Waals surface area contributed by atoms with Crippen molar-refractivity contribution in [3.05, 3.63) is 39.9 Å². The summed E-state index contributed by atoms with van der Waals surface area (Å²) in [5.41, 5.74) is 0.779. The average molecular weight is 468 g/mol. The van der Waals surface area contributed by atoms with Crippen molar-refractivity contribution < 1.29 is 14.7 Å². The van der Waals surface area contributed by atoms with Gasteiger partial charge in [-0.2, -0.15) is 0 Å². The highest BCUT2D eigenvalue weighted by atomic mass is 35.5. The maximum Gasteiger partial charge on any atom is 0.247 e. The number of piperidine rings is 1. The molecule has 2 unspecified atom stereocenters. The van der Waals surface area contributed by atoms with Gasteiger partial charge in [-0.3, -0.25) is 9.59 Å². The van der Waals surface area contributed by atoms with E-state index in [1.165, 1.54) is 6.08 Å². The van der Waals surface area contributed by atoms with Crippen LogP contribution in [0.2, 0.25) is 10.0 Å². The monoisotopic (exact) mass is 467 g/mol. The lowest BCUT2D eigenvalue weighted by Crippen LogP contribution is -2.57. The molecule has 2 heterocycles. The van der Waals surface area contributed by atoms with E-state index in [1.54, 1.807) is 36.1 Å². The van der Waals surface area contributed by atoms with Gasteiger partial charge in [0.2, 0.25) is 11.8 Å². The number of aliphatic hydroxyl groups excluding tert-OH is 1. The Balaban J connectivity index is 1.44. The summed E-state index contributed by atoms with van der Waals surface area (Å²) in [4.78, 5) is 31.2. The summed E-state index contributed by atoms with van der Waals surface area (Å²) in [6.07, 6.45) is 6.84. The van der Waals surface area contributed by atoms with E-state index >= 15 is 0 Å². The number of carbonyl (C=O) groups is 2. The lowest BCUT2D eigenvalue weighted by Gasteiger charge is -2.39. The van der Waals surface area contributed by atoms with Crippen molar-refractivity contribution in [2.24, 2.45) is 0 Å². The highest BCUT2D eigenvalue weighted by Crippen LogP contribution is 2.23. The number of piperazine rings is 1. The first-order chi connectivity index (χ1) is 14.8. The van der Waals surface area contributed by atoms with E-state index in [2.05, 4.69) is 4.90 Å². The molecule has 2 fully saturated rings. The molecule has 0 aromatic heterocycles. The van der Waals surface area contributed by atoms with Crippen molar-refractivity contribution in [2.75, 3.05) is 39.3 Å². The third-order valence-corrected chi connectivity index (χ3v) is 6.76. The van der Waals surface area contributed by atoms with E-state index in [0.29, 0.717) is 29.7 Å². The molecule has 3 rings (SSSR count). The molecule has 2 saturated heterocycles. The number of nitrogens with zero attached hydrogens (tertiary/aromatic N) is 3. The van der Waals surface area contributed by atoms with Crippen LogP contribution in [0.1, 0.15) is 38.2 Å². The number of hydrogen-bond acceptors (Lipinski definition) is 4. The SMILES string of the molecule is CC1C(=O)N(CCCCN2CCCC(O)C2)CCN1C(=O)/C=C/c1ccc(Cl)c(Cl)c1. The lowest BCUT2D eigenvalue weighted by atomic mass is 10.1. The van der Waals surface area contributed by atoms with Crippen LogP contribution in [0.4, 0.5) is 0 Å². The number of halogens is 2. The van der Waals surface area contributed by atoms with Gasteiger partial charge in [-0.25, -0.2) is 0 Å². The molecule has 0 bridgehead atoms. The molecule has 2 amide bonds. The number of benzene rings is 1. The second kappa shape index (κ2) is 11.3. The number of unbranched alkanes of at least 4 members (excludes halogenated alkanes) is 1. The summed E-state index contributed by atoms with van der Waals surface area (Å²) in [5.74, 6) is -0.189. The fraction of sp³-hybridized carbons (Fsp3) is 0.565. The number of hydrogen-bond donors (Lipinski definition) is 1. The Hall–Kier alpha value is -1.60. The number of rotatable bonds is 7. The summed E-state index contributed by atoms with van der Waals surface area (Å²) >= 11 is 11.9. The Morgan fingerprint density at radius 3 is 2.68 bits per heavy atom. The minimum absolute atomic E-state index is 0.00377. The zero-order chi connectivity index (χ0) is 22.4. The first-order valence-corrected chi connectivity index (χ1v) is 11.7. The summed E-state index contributed by atoms with van der Waals surface area (Å²) in [6, 6.07) is 4.70. The first-order valence-electron chi connectivity index (χ1n) is 11.0. The number of likely N-dealkylation sites (tertiary alicyclic amines) is 1. The molecule has 0 spiro atoms. The molecule has 2 aliphatic rings. The predicted molar refractivity (Wildman–Crippen MR) is 124 cm³/mol. The fourth-order valence-electron chi connectivity index (χ4n) is 4.20. The minimum atomic E-state index is -0.475. The van der Waals surface area contributed by atoms with Gasteiger partial charge in [0.05, 0.1) is 16.1 Å². The highest BCUT2D eigenvalue weighted by Gasteiger charge is 2.33. The highest BCUT2D eigenvalue weighted by molar-refractivity contribution is 6.42. The van der Waals surface area contributed by atoms with Crippen LogP contribution < -0.4 is 0 Å². The largest absolute Gasteiger partial charge is 0.392 e. The van der Waals surface area contributed by atoms with Crippen LogP contribution in [0.5, 0.6) is 0 Å². The molecule has 0 radical (unpaired) electrons. The van der Waals surface area contributed by atoms with E-state index in [1.807, 2.05) is 4.90 Å². The van der Waals surface area contributed by atoms with Gasteiger partial charge < -0.3 is 19.8 Å². The molecule has 0 saturated carbocycles. The van der Waals surface area contributed by atoms with Gasteiger partial charge in [-0.15, -0.1) is 0 Å². The van der Waals surface area contributed by atoms with Crippen LogP contribution in [0.3, 0.4) is 0 Å². The molecule has 0 aliphatic carbocycles. The zero-order valence-corrected chi connectivity index (χ0v) is 19.5. The molecule has 31 heavy (non-hydrogen) atoms. The fourth-order valence-corrected chi connectivity index (χ4v) is 4.51. The summed E-state index contributed by atoms with van der Waals surface area (Å²) in [6.45, 7) is 6.33. The standard InChI is InChI=1S/C23H31Cl2N3O3/c1-17-23(31)27(12-3-2-10-26-11-4-5-19(29)16-26)13-14-28(17)22(30)9-7-18-6-8-20(24)21(25)15-18/h6-9,15,17,19,29H,2-5,10-14,16H2,1H3/b9-7+. The topological polar surface area (TPSA) is 64.1 Å². The Morgan fingerprint density at radius 1 is 1.16 bits per heavy atom. The van der Waals surface area contributed by atoms with Crippen molar-refractivity contribution >= 4 is 41.1 Å². The Labute approximate surface area is 194 Å². The number of amides is 2.